The van der Waals surface area contributed by atoms with E-state index in [2.05, 4.69) is 43.3 Å². The highest BCUT2D eigenvalue weighted by Crippen LogP contribution is 2.26. The van der Waals surface area contributed by atoms with Gasteiger partial charge in [0.05, 0.1) is 6.61 Å². The fraction of sp³-hybridized carbons (Fsp3) is 0.812. The van der Waals surface area contributed by atoms with Crippen LogP contribution in [0, 0.1) is 5.41 Å². The molecule has 1 aromatic rings. The lowest BCUT2D eigenvalue weighted by atomic mass is 9.90. The van der Waals surface area contributed by atoms with E-state index in [1.807, 2.05) is 7.05 Å². The summed E-state index contributed by atoms with van der Waals surface area (Å²) in [6.45, 7) is 10.8. The van der Waals surface area contributed by atoms with Crippen LogP contribution in [0.2, 0.25) is 0 Å². The van der Waals surface area contributed by atoms with Crippen LogP contribution in [0.15, 0.2) is 4.99 Å². The Hall–Kier alpha value is -0.680. The van der Waals surface area contributed by atoms with Gasteiger partial charge in [-0.1, -0.05) is 13.8 Å². The first-order chi connectivity index (χ1) is 11.6. The van der Waals surface area contributed by atoms with Crippen LogP contribution in [0.3, 0.4) is 0 Å². The monoisotopic (exact) mass is 480 g/mol. The first kappa shape index (κ1) is 20.6. The zero-order valence-corrected chi connectivity index (χ0v) is 18.5. The molecule has 2 aliphatic rings. The molecule has 0 aliphatic carbocycles. The Labute approximate surface area is 171 Å². The highest BCUT2D eigenvalue weighted by atomic mass is 127. The van der Waals surface area contributed by atoms with E-state index in [1.54, 1.807) is 0 Å². The van der Waals surface area contributed by atoms with E-state index in [0.717, 1.165) is 75.7 Å². The maximum Gasteiger partial charge on any atom is 0.205 e. The largest absolute Gasteiger partial charge is 0.381 e. The fourth-order valence-electron chi connectivity index (χ4n) is 3.10. The molecule has 3 rings (SSSR count). The van der Waals surface area contributed by atoms with Crippen LogP contribution in [0.1, 0.15) is 26.1 Å². The number of nitrogens with one attached hydrogen (secondary N) is 1. The van der Waals surface area contributed by atoms with E-state index in [4.69, 9.17) is 4.74 Å². The molecule has 2 fully saturated rings. The maximum atomic E-state index is 5.53. The minimum Gasteiger partial charge on any atom is -0.381 e. The van der Waals surface area contributed by atoms with Gasteiger partial charge in [-0.05, 0) is 6.42 Å². The Morgan fingerprint density at radius 1 is 1.36 bits per heavy atom. The Kier molecular flexibility index (Phi) is 7.68. The number of piperazine rings is 1. The van der Waals surface area contributed by atoms with Gasteiger partial charge in [0, 0.05) is 69.7 Å². The standard InChI is InChI=1S/C16H28N6OS.HI/c1-4-13-19-15(24-20-13)22-8-6-21(7-9-22)14(17-3)18-11-16(2)5-10-23-12-16;/h4-12H2,1-3H3,(H,17,18);1H. The van der Waals surface area contributed by atoms with Crippen molar-refractivity contribution in [3.05, 3.63) is 5.82 Å². The van der Waals surface area contributed by atoms with Crippen LogP contribution in [-0.4, -0.2) is 73.2 Å². The summed E-state index contributed by atoms with van der Waals surface area (Å²) < 4.78 is 9.92. The van der Waals surface area contributed by atoms with Gasteiger partial charge in [-0.3, -0.25) is 4.99 Å². The first-order valence-corrected chi connectivity index (χ1v) is 9.52. The van der Waals surface area contributed by atoms with Gasteiger partial charge in [-0.2, -0.15) is 4.37 Å². The lowest BCUT2D eigenvalue weighted by Crippen LogP contribution is -2.53. The molecule has 2 aliphatic heterocycles. The maximum absolute atomic E-state index is 5.53. The minimum atomic E-state index is 0. The number of aryl methyl sites for hydroxylation is 1. The lowest BCUT2D eigenvalue weighted by Gasteiger charge is -2.37. The van der Waals surface area contributed by atoms with E-state index in [0.29, 0.717) is 0 Å². The Morgan fingerprint density at radius 2 is 2.12 bits per heavy atom. The predicted octanol–water partition coefficient (Wildman–Crippen LogP) is 1.84. The van der Waals surface area contributed by atoms with Crippen molar-refractivity contribution in [3.63, 3.8) is 0 Å². The Morgan fingerprint density at radius 3 is 2.68 bits per heavy atom. The molecule has 0 amide bonds. The van der Waals surface area contributed by atoms with Crippen LogP contribution in [-0.2, 0) is 11.2 Å². The summed E-state index contributed by atoms with van der Waals surface area (Å²) in [7, 11) is 1.86. The quantitative estimate of drug-likeness (QED) is 0.403. The number of nitrogens with zero attached hydrogens (tertiary/aromatic N) is 5. The average molecular weight is 480 g/mol. The van der Waals surface area contributed by atoms with Gasteiger partial charge in [0.1, 0.15) is 5.82 Å². The van der Waals surface area contributed by atoms with Crippen molar-refractivity contribution in [2.75, 3.05) is 57.9 Å². The summed E-state index contributed by atoms with van der Waals surface area (Å²) in [4.78, 5) is 13.7. The van der Waals surface area contributed by atoms with Crippen LogP contribution < -0.4 is 10.2 Å². The highest BCUT2D eigenvalue weighted by molar-refractivity contribution is 14.0. The van der Waals surface area contributed by atoms with Crippen LogP contribution in [0.25, 0.3) is 0 Å². The topological polar surface area (TPSA) is 65.9 Å². The number of hydrogen-bond donors (Lipinski definition) is 1. The number of rotatable bonds is 4. The summed E-state index contributed by atoms with van der Waals surface area (Å²) in [5.74, 6) is 1.94. The Bertz CT molecular complexity index is 567. The molecule has 3 heterocycles. The number of aromatic nitrogens is 2. The molecule has 9 heteroatoms. The van der Waals surface area contributed by atoms with E-state index in [-0.39, 0.29) is 29.4 Å². The number of guanidine groups is 1. The lowest BCUT2D eigenvalue weighted by molar-refractivity contribution is 0.160. The van der Waals surface area contributed by atoms with Crippen molar-refractivity contribution in [3.8, 4) is 0 Å². The van der Waals surface area contributed by atoms with Crippen LogP contribution in [0.4, 0.5) is 5.13 Å². The molecule has 2 saturated heterocycles. The molecule has 0 saturated carbocycles. The number of aliphatic imine (C=N–C) groups is 1. The van der Waals surface area contributed by atoms with Gasteiger partial charge in [0.15, 0.2) is 5.96 Å². The highest BCUT2D eigenvalue weighted by Gasteiger charge is 2.30. The van der Waals surface area contributed by atoms with Gasteiger partial charge < -0.3 is 19.9 Å². The molecule has 25 heavy (non-hydrogen) atoms. The number of halogens is 1. The number of anilines is 1. The molecule has 1 atom stereocenters. The molecular formula is C16H29IN6OS. The van der Waals surface area contributed by atoms with Crippen LogP contribution in [0.5, 0.6) is 0 Å². The van der Waals surface area contributed by atoms with Gasteiger partial charge in [-0.15, -0.1) is 24.0 Å². The zero-order chi connectivity index (χ0) is 17.0. The minimum absolute atomic E-state index is 0. The number of ether oxygens (including phenoxy) is 1. The van der Waals surface area contributed by atoms with Crippen molar-refractivity contribution >= 4 is 46.6 Å². The third-order valence-corrected chi connectivity index (χ3v) is 5.62. The van der Waals surface area contributed by atoms with Gasteiger partial charge in [-0.25, -0.2) is 4.98 Å². The first-order valence-electron chi connectivity index (χ1n) is 8.74. The summed E-state index contributed by atoms with van der Waals surface area (Å²) in [6, 6.07) is 0. The second-order valence-corrected chi connectivity index (χ2v) is 7.57. The van der Waals surface area contributed by atoms with Crippen molar-refractivity contribution in [2.24, 2.45) is 10.4 Å². The van der Waals surface area contributed by atoms with E-state index in [1.165, 1.54) is 11.5 Å². The smallest absolute Gasteiger partial charge is 0.205 e. The van der Waals surface area contributed by atoms with E-state index < -0.39 is 0 Å². The van der Waals surface area contributed by atoms with Crippen molar-refractivity contribution < 1.29 is 4.74 Å². The third kappa shape index (κ3) is 5.16. The predicted molar refractivity (Wildman–Crippen MR) is 113 cm³/mol. The molecule has 0 spiro atoms. The zero-order valence-electron chi connectivity index (χ0n) is 15.3. The second kappa shape index (κ2) is 9.31. The normalized spacial score (nSPS) is 24.4. The molecule has 1 N–H and O–H groups in total. The molecule has 142 valence electrons. The van der Waals surface area contributed by atoms with Gasteiger partial charge in [0.2, 0.25) is 5.13 Å². The molecule has 0 bridgehead atoms. The third-order valence-electron chi connectivity index (χ3n) is 4.81. The molecular weight excluding hydrogens is 451 g/mol. The summed E-state index contributed by atoms with van der Waals surface area (Å²) in [5.41, 5.74) is 0.223. The summed E-state index contributed by atoms with van der Waals surface area (Å²) in [6.07, 6.45) is 2.01. The molecule has 1 unspecified atom stereocenters. The van der Waals surface area contributed by atoms with Crippen molar-refractivity contribution in [2.45, 2.75) is 26.7 Å². The number of hydrogen-bond acceptors (Lipinski definition) is 6. The molecule has 1 aromatic heterocycles. The average Bonchev–Trinajstić information content (AvgIpc) is 3.25. The van der Waals surface area contributed by atoms with Gasteiger partial charge >= 0.3 is 0 Å². The van der Waals surface area contributed by atoms with Crippen molar-refractivity contribution in [1.29, 1.82) is 0 Å². The van der Waals surface area contributed by atoms with Crippen LogP contribution >= 0.6 is 35.5 Å². The van der Waals surface area contributed by atoms with E-state index in [9.17, 15) is 0 Å². The summed E-state index contributed by atoms with van der Waals surface area (Å²) >= 11 is 1.51. The molecule has 0 aromatic carbocycles. The Balaban J connectivity index is 0.00000225. The second-order valence-electron chi connectivity index (χ2n) is 6.83. The van der Waals surface area contributed by atoms with E-state index >= 15 is 0 Å². The SMILES string of the molecule is CCc1nsc(N2CCN(C(=NC)NCC3(C)CCOC3)CC2)n1.I. The fourth-order valence-corrected chi connectivity index (χ4v) is 3.90. The summed E-state index contributed by atoms with van der Waals surface area (Å²) in [5, 5.41) is 4.59. The molecule has 0 radical (unpaired) electrons. The van der Waals surface area contributed by atoms with Gasteiger partial charge in [0.25, 0.3) is 0 Å². The molecule has 7 nitrogen and oxygen atoms in total. The van der Waals surface area contributed by atoms with Crippen molar-refractivity contribution in [1.82, 2.24) is 19.6 Å².